The Bertz CT molecular complexity index is 753. The molecule has 4 nitrogen and oxygen atoms in total. The predicted octanol–water partition coefficient (Wildman–Crippen LogP) is 4.44. The molecule has 1 N–H and O–H groups in total. The largest absolute Gasteiger partial charge is 0.455 e. The van der Waals surface area contributed by atoms with E-state index in [1.54, 1.807) is 18.2 Å². The summed E-state index contributed by atoms with van der Waals surface area (Å²) < 4.78 is 17.9. The van der Waals surface area contributed by atoms with Crippen molar-refractivity contribution in [1.29, 1.82) is 0 Å². The quantitative estimate of drug-likeness (QED) is 0.806. The molecule has 25 heavy (non-hydrogen) atoms. The fourth-order valence-electron chi connectivity index (χ4n) is 3.08. The van der Waals surface area contributed by atoms with E-state index in [1.807, 2.05) is 18.2 Å². The van der Waals surface area contributed by atoms with E-state index in [-0.39, 0.29) is 23.5 Å². The van der Waals surface area contributed by atoms with Gasteiger partial charge in [-0.1, -0.05) is 49.1 Å². The number of halogens is 1. The lowest BCUT2D eigenvalue weighted by molar-refractivity contribution is 0.0898. The van der Waals surface area contributed by atoms with Gasteiger partial charge in [-0.25, -0.2) is 0 Å². The number of benzene rings is 1. The Morgan fingerprint density at radius 1 is 1.12 bits per heavy atom. The van der Waals surface area contributed by atoms with Crippen LogP contribution in [0.5, 0.6) is 0 Å². The zero-order valence-electron chi connectivity index (χ0n) is 14.0. The standard InChI is InChI=1S/C19H22ClNO3S/c20-17-9-5-4-6-14(17)12-25(23)13-16-10-11-18(24-16)19(22)21-15-7-2-1-3-8-15/h4-6,9-11,15H,1-3,7-8,12-13H2,(H,21,22)/t25-/m0/s1. The van der Waals surface area contributed by atoms with Gasteiger partial charge in [0.1, 0.15) is 5.76 Å². The van der Waals surface area contributed by atoms with E-state index in [0.29, 0.717) is 16.5 Å². The Labute approximate surface area is 155 Å². The van der Waals surface area contributed by atoms with Gasteiger partial charge in [-0.05, 0) is 36.6 Å². The van der Waals surface area contributed by atoms with E-state index < -0.39 is 10.8 Å². The number of carbonyl (C=O) groups is 1. The van der Waals surface area contributed by atoms with Gasteiger partial charge in [-0.2, -0.15) is 0 Å². The van der Waals surface area contributed by atoms with E-state index in [4.69, 9.17) is 16.0 Å². The third kappa shape index (κ3) is 5.19. The molecule has 1 atom stereocenters. The maximum Gasteiger partial charge on any atom is 0.287 e. The molecule has 1 saturated carbocycles. The molecule has 1 aromatic heterocycles. The Morgan fingerprint density at radius 3 is 2.64 bits per heavy atom. The Hall–Kier alpha value is -1.59. The summed E-state index contributed by atoms with van der Waals surface area (Å²) in [6, 6.07) is 11.0. The van der Waals surface area contributed by atoms with Gasteiger partial charge in [0, 0.05) is 21.9 Å². The van der Waals surface area contributed by atoms with Crippen molar-refractivity contribution in [2.45, 2.75) is 49.7 Å². The number of carbonyl (C=O) groups excluding carboxylic acids is 1. The molecule has 1 aromatic carbocycles. The topological polar surface area (TPSA) is 59.3 Å². The molecule has 134 valence electrons. The van der Waals surface area contributed by atoms with Gasteiger partial charge >= 0.3 is 0 Å². The fraction of sp³-hybridized carbons (Fsp3) is 0.421. The van der Waals surface area contributed by atoms with Crippen LogP contribution >= 0.6 is 11.6 Å². The smallest absolute Gasteiger partial charge is 0.287 e. The van der Waals surface area contributed by atoms with Gasteiger partial charge in [-0.3, -0.25) is 9.00 Å². The van der Waals surface area contributed by atoms with E-state index >= 15 is 0 Å². The van der Waals surface area contributed by atoms with E-state index in [1.165, 1.54) is 6.42 Å². The summed E-state index contributed by atoms with van der Waals surface area (Å²) in [6.07, 6.45) is 5.63. The van der Waals surface area contributed by atoms with Crippen LogP contribution in [0.25, 0.3) is 0 Å². The first-order chi connectivity index (χ1) is 12.1. The highest BCUT2D eigenvalue weighted by Crippen LogP contribution is 2.20. The van der Waals surface area contributed by atoms with E-state index in [2.05, 4.69) is 5.32 Å². The molecule has 0 bridgehead atoms. The summed E-state index contributed by atoms with van der Waals surface area (Å²) in [5.41, 5.74) is 0.851. The van der Waals surface area contributed by atoms with Gasteiger partial charge in [0.05, 0.1) is 11.5 Å². The molecular formula is C19H22ClNO3S. The summed E-state index contributed by atoms with van der Waals surface area (Å²) in [4.78, 5) is 12.2. The average Bonchev–Trinajstić information content (AvgIpc) is 3.06. The molecular weight excluding hydrogens is 358 g/mol. The van der Waals surface area contributed by atoms with Crippen molar-refractivity contribution in [2.75, 3.05) is 0 Å². The van der Waals surface area contributed by atoms with Crippen molar-refractivity contribution in [1.82, 2.24) is 5.32 Å². The first kappa shape index (κ1) is 18.2. The fourth-order valence-corrected chi connectivity index (χ4v) is 4.53. The second-order valence-corrected chi connectivity index (χ2v) is 8.26. The van der Waals surface area contributed by atoms with Crippen molar-refractivity contribution in [3.63, 3.8) is 0 Å². The zero-order valence-corrected chi connectivity index (χ0v) is 15.6. The SMILES string of the molecule is O=C(NC1CCCCC1)c1ccc(C[S@@](=O)Cc2ccccc2Cl)o1. The lowest BCUT2D eigenvalue weighted by atomic mass is 9.95. The Balaban J connectivity index is 1.54. The molecule has 1 heterocycles. The zero-order chi connectivity index (χ0) is 17.6. The summed E-state index contributed by atoms with van der Waals surface area (Å²) in [5.74, 6) is 1.29. The number of hydrogen-bond acceptors (Lipinski definition) is 3. The molecule has 0 aliphatic heterocycles. The van der Waals surface area contributed by atoms with Crippen LogP contribution in [0, 0.1) is 0 Å². The molecule has 6 heteroatoms. The van der Waals surface area contributed by atoms with Gasteiger partial charge in [0.25, 0.3) is 5.91 Å². The molecule has 1 amide bonds. The highest BCUT2D eigenvalue weighted by atomic mass is 35.5. The molecule has 0 radical (unpaired) electrons. The van der Waals surface area contributed by atoms with Crippen LogP contribution in [0.2, 0.25) is 5.02 Å². The molecule has 0 unspecified atom stereocenters. The van der Waals surface area contributed by atoms with Crippen molar-refractivity contribution in [3.05, 3.63) is 58.5 Å². The number of furan rings is 1. The van der Waals surface area contributed by atoms with Crippen LogP contribution < -0.4 is 5.32 Å². The highest BCUT2D eigenvalue weighted by molar-refractivity contribution is 7.83. The van der Waals surface area contributed by atoms with Crippen molar-refractivity contribution in [3.8, 4) is 0 Å². The van der Waals surface area contributed by atoms with Gasteiger partial charge < -0.3 is 9.73 Å². The third-order valence-electron chi connectivity index (χ3n) is 4.40. The van der Waals surface area contributed by atoms with Crippen LogP contribution in [0.15, 0.2) is 40.8 Å². The lowest BCUT2D eigenvalue weighted by Gasteiger charge is -2.22. The van der Waals surface area contributed by atoms with Crippen molar-refractivity contribution < 1.29 is 13.4 Å². The maximum atomic E-state index is 12.3. The van der Waals surface area contributed by atoms with Crippen LogP contribution in [-0.4, -0.2) is 16.2 Å². The monoisotopic (exact) mass is 379 g/mol. The maximum absolute atomic E-state index is 12.3. The van der Waals surface area contributed by atoms with Crippen molar-refractivity contribution in [2.24, 2.45) is 0 Å². The second-order valence-electron chi connectivity index (χ2n) is 6.39. The van der Waals surface area contributed by atoms with Crippen LogP contribution in [0.1, 0.15) is 54.0 Å². The summed E-state index contributed by atoms with van der Waals surface area (Å²) in [7, 11) is -1.15. The number of amides is 1. The first-order valence-corrected chi connectivity index (χ1v) is 10.5. The minimum absolute atomic E-state index is 0.185. The minimum Gasteiger partial charge on any atom is -0.455 e. The van der Waals surface area contributed by atoms with Gasteiger partial charge in [0.15, 0.2) is 5.76 Å². The second kappa shape index (κ2) is 8.68. The third-order valence-corrected chi connectivity index (χ3v) is 6.01. The lowest BCUT2D eigenvalue weighted by Crippen LogP contribution is -2.35. The summed E-state index contributed by atoms with van der Waals surface area (Å²) in [6.45, 7) is 0. The number of hydrogen-bond donors (Lipinski definition) is 1. The molecule has 1 aliphatic carbocycles. The molecule has 2 aromatic rings. The normalized spacial score (nSPS) is 16.5. The summed E-state index contributed by atoms with van der Waals surface area (Å²) >= 11 is 6.10. The highest BCUT2D eigenvalue weighted by Gasteiger charge is 2.19. The minimum atomic E-state index is -1.15. The first-order valence-electron chi connectivity index (χ1n) is 8.60. The number of nitrogens with one attached hydrogen (secondary N) is 1. The predicted molar refractivity (Wildman–Crippen MR) is 100 cm³/mol. The Kier molecular flexibility index (Phi) is 6.32. The number of rotatable bonds is 6. The van der Waals surface area contributed by atoms with E-state index in [0.717, 1.165) is 31.2 Å². The Morgan fingerprint density at radius 2 is 1.88 bits per heavy atom. The molecule has 1 fully saturated rings. The van der Waals surface area contributed by atoms with Gasteiger partial charge in [-0.15, -0.1) is 0 Å². The van der Waals surface area contributed by atoms with Crippen LogP contribution in [-0.2, 0) is 22.3 Å². The molecule has 0 spiro atoms. The van der Waals surface area contributed by atoms with Crippen LogP contribution in [0.3, 0.4) is 0 Å². The molecule has 1 aliphatic rings. The van der Waals surface area contributed by atoms with E-state index in [9.17, 15) is 9.00 Å². The molecule has 3 rings (SSSR count). The van der Waals surface area contributed by atoms with Crippen molar-refractivity contribution >= 4 is 28.3 Å². The van der Waals surface area contributed by atoms with Crippen LogP contribution in [0.4, 0.5) is 0 Å². The molecule has 0 saturated heterocycles. The average molecular weight is 380 g/mol. The summed E-state index contributed by atoms with van der Waals surface area (Å²) in [5, 5.41) is 3.64. The van der Waals surface area contributed by atoms with Gasteiger partial charge in [0.2, 0.25) is 0 Å².